The van der Waals surface area contributed by atoms with Crippen molar-refractivity contribution in [2.45, 2.75) is 279 Å². The summed E-state index contributed by atoms with van der Waals surface area (Å²) in [6, 6.07) is -9.98. The van der Waals surface area contributed by atoms with E-state index in [-0.39, 0.29) is 36.3 Å². The number of nitrogens with two attached hydrogens (primary N) is 1. The van der Waals surface area contributed by atoms with Crippen molar-refractivity contribution >= 4 is 71.7 Å². The number of carbonyl (C=O) groups is 12. The fraction of sp³-hybridized carbons (Fsp3) is 0.672. The monoisotopic (exact) mass is 1340 g/mol. The molecule has 3 aromatic heterocycles. The zero-order valence-corrected chi connectivity index (χ0v) is 58.8. The molecule has 0 saturated heterocycles. The van der Waals surface area contributed by atoms with Crippen molar-refractivity contribution in [3.63, 3.8) is 0 Å². The van der Waals surface area contributed by atoms with Crippen molar-refractivity contribution in [2.24, 2.45) is 5.73 Å². The molecule has 6 atom stereocenters. The number of nitrogens with one attached hydrogen (secondary N) is 5. The second-order valence-electron chi connectivity index (χ2n) is 29.7. The van der Waals surface area contributed by atoms with E-state index in [4.69, 9.17) is 38.9 Å². The van der Waals surface area contributed by atoms with Crippen LogP contribution in [0.25, 0.3) is 0 Å². The molecule has 0 bridgehead atoms. The van der Waals surface area contributed by atoms with Crippen molar-refractivity contribution < 1.29 is 90.7 Å². The summed E-state index contributed by atoms with van der Waals surface area (Å²) in [5.41, 5.74) is -0.334. The van der Waals surface area contributed by atoms with E-state index in [0.29, 0.717) is 0 Å². The van der Waals surface area contributed by atoms with Crippen LogP contribution in [-0.2, 0) is 95.6 Å². The highest BCUT2D eigenvalue weighted by Crippen LogP contribution is 2.19. The van der Waals surface area contributed by atoms with Crippen molar-refractivity contribution in [3.05, 3.63) is 54.7 Å². The lowest BCUT2D eigenvalue weighted by molar-refractivity contribution is -0.159. The lowest BCUT2D eigenvalue weighted by atomic mass is 10.0. The number of ether oxygens (including phenoxy) is 7. The van der Waals surface area contributed by atoms with Crippen LogP contribution in [0.1, 0.15) is 201 Å². The van der Waals surface area contributed by atoms with Crippen molar-refractivity contribution in [1.82, 2.24) is 55.2 Å². The van der Waals surface area contributed by atoms with Crippen LogP contribution in [0.2, 0.25) is 0 Å². The predicted molar refractivity (Wildman–Crippen MR) is 341 cm³/mol. The molecule has 0 saturated carbocycles. The Morgan fingerprint density at radius 1 is 0.347 bits per heavy atom. The third-order valence-electron chi connectivity index (χ3n) is 12.0. The van der Waals surface area contributed by atoms with Crippen LogP contribution in [-0.4, -0.2) is 176 Å². The molecule has 3 rings (SSSR count). The summed E-state index contributed by atoms with van der Waals surface area (Å²) in [5, 5.41) is 12.9. The van der Waals surface area contributed by atoms with Gasteiger partial charge in [0.05, 0.1) is 23.1 Å². The number of hydrogen-bond donors (Lipinski definition) is 6. The molecular weight excluding hydrogens is 1240 g/mol. The van der Waals surface area contributed by atoms with E-state index >= 15 is 9.59 Å². The molecule has 0 fully saturated rings. The molecule has 0 radical (unpaired) electrons. The molecule has 0 aromatic carbocycles. The molecular formula is C64H100N12O19. The van der Waals surface area contributed by atoms with Gasteiger partial charge in [-0.3, -0.25) is 38.4 Å². The number of amides is 5. The normalized spacial score (nSPS) is 14.2. The van der Waals surface area contributed by atoms with Crippen LogP contribution in [0.15, 0.2) is 37.6 Å². The molecule has 95 heavy (non-hydrogen) atoms. The van der Waals surface area contributed by atoms with Crippen LogP contribution in [0, 0.1) is 0 Å². The SMILES string of the molecule is CC(C)(C)OC(=O)CC[C@H](NC(=O)[C@H](Cc1cn(C(=O)OC(C)(C)C)cn1)NC(=O)[C@@H](N)CCC(=O)OC(C)(C)C)C(=O)N[C@@H](Cc1cn(C(=O)OC(C)(C)C)cn1)C(=O)N[C@@H](CCC(=O)OC(C)(C)C)C(=O)N[C@@H](Cc1cn(C(=O)OC(C)(C)C)cn1)C(=O)OC(C)(C)C. The summed E-state index contributed by atoms with van der Waals surface area (Å²) < 4.78 is 41.5. The highest BCUT2D eigenvalue weighted by Gasteiger charge is 2.37. The zero-order valence-electron chi connectivity index (χ0n) is 58.8. The van der Waals surface area contributed by atoms with Gasteiger partial charge >= 0.3 is 42.2 Å². The maximum Gasteiger partial charge on any atom is 0.419 e. The Bertz CT molecular complexity index is 3210. The van der Waals surface area contributed by atoms with Gasteiger partial charge in [0.2, 0.25) is 29.5 Å². The molecule has 5 amide bonds. The first-order valence-electron chi connectivity index (χ1n) is 31.2. The first-order valence-corrected chi connectivity index (χ1v) is 31.2. The molecule has 0 aliphatic heterocycles. The summed E-state index contributed by atoms with van der Waals surface area (Å²) in [7, 11) is 0. The van der Waals surface area contributed by atoms with Gasteiger partial charge in [-0.25, -0.2) is 47.8 Å². The Hall–Kier alpha value is -8.77. The van der Waals surface area contributed by atoms with E-state index < -0.39 is 186 Å². The van der Waals surface area contributed by atoms with E-state index in [0.717, 1.165) is 32.7 Å². The number of imidazole rings is 3. The average molecular weight is 1340 g/mol. The smallest absolute Gasteiger partial charge is 0.419 e. The van der Waals surface area contributed by atoms with Crippen LogP contribution in [0.5, 0.6) is 0 Å². The molecule has 3 heterocycles. The van der Waals surface area contributed by atoms with Gasteiger partial charge in [-0.1, -0.05) is 0 Å². The minimum Gasteiger partial charge on any atom is -0.460 e. The maximum absolute atomic E-state index is 15.1. The molecule has 31 heteroatoms. The number of nitrogens with zero attached hydrogens (tertiary/aromatic N) is 6. The molecule has 31 nitrogen and oxygen atoms in total. The number of rotatable bonds is 26. The molecule has 0 spiro atoms. The van der Waals surface area contributed by atoms with E-state index in [1.54, 1.807) is 145 Å². The van der Waals surface area contributed by atoms with Gasteiger partial charge in [-0.15, -0.1) is 0 Å². The molecule has 7 N–H and O–H groups in total. The number of esters is 4. The van der Waals surface area contributed by atoms with Gasteiger partial charge in [-0.05, 0) is 165 Å². The quantitative estimate of drug-likeness (QED) is 0.0449. The molecule has 530 valence electrons. The minimum atomic E-state index is -1.82. The third kappa shape index (κ3) is 31.8. The van der Waals surface area contributed by atoms with Gasteiger partial charge in [0.1, 0.15) is 88.4 Å². The Labute approximate surface area is 554 Å². The van der Waals surface area contributed by atoms with Crippen LogP contribution in [0.3, 0.4) is 0 Å². The third-order valence-corrected chi connectivity index (χ3v) is 12.0. The van der Waals surface area contributed by atoms with Gasteiger partial charge in [0.15, 0.2) is 0 Å². The predicted octanol–water partition coefficient (Wildman–Crippen LogP) is 5.11. The summed E-state index contributed by atoms with van der Waals surface area (Å²) in [6.07, 6.45) is 0.596. The minimum absolute atomic E-state index is 0.0205. The van der Waals surface area contributed by atoms with Crippen molar-refractivity contribution in [3.8, 4) is 0 Å². The lowest BCUT2D eigenvalue weighted by Gasteiger charge is -2.28. The Kier molecular flexibility index (Phi) is 28.0. The zero-order chi connectivity index (χ0) is 72.6. The standard InChI is InChI=1S/C64H100N12O19/c1-58(2,3)89-46(77)25-22-40(65)49(80)71-43(28-37-31-74(34-66-37)55(86)93-62(13,14)15)52(83)69-41(23-26-47(78)90-59(4,5)6)50(81)72-44(29-38-32-75(35-67-38)56(87)94-63(16,17)18)53(84)70-42(24-27-48(79)91-60(7,8)9)51(82)73-45(54(85)92-61(10,11)12)30-39-33-76(36-68-39)57(88)95-64(19,20)21/h31-36,40-45H,22-30,65H2,1-21H3,(H,69,83)(H,70,84)(H,71,80)(H,72,81)(H,73,82)/t40-,41-,42-,43-,44-,45-/m0/s1. The summed E-state index contributed by atoms with van der Waals surface area (Å²) >= 11 is 0. The average Bonchev–Trinajstić information content (AvgIpc) is 1.82. The summed E-state index contributed by atoms with van der Waals surface area (Å²) in [6.45, 7) is 34.1. The fourth-order valence-electron chi connectivity index (χ4n) is 8.27. The first-order chi connectivity index (χ1) is 43.2. The topological polar surface area (TPSA) is 409 Å². The summed E-state index contributed by atoms with van der Waals surface area (Å²) in [4.78, 5) is 179. The van der Waals surface area contributed by atoms with E-state index in [2.05, 4.69) is 41.5 Å². The lowest BCUT2D eigenvalue weighted by Crippen LogP contribution is -2.60. The van der Waals surface area contributed by atoms with Crippen molar-refractivity contribution in [2.75, 3.05) is 0 Å². The van der Waals surface area contributed by atoms with Gasteiger partial charge < -0.3 is 65.5 Å². The second-order valence-corrected chi connectivity index (χ2v) is 29.7. The number of aromatic nitrogens is 6. The maximum atomic E-state index is 15.1. The highest BCUT2D eigenvalue weighted by atomic mass is 16.6. The van der Waals surface area contributed by atoms with Crippen LogP contribution < -0.4 is 32.3 Å². The molecule has 0 aliphatic rings. The Morgan fingerprint density at radius 2 is 0.589 bits per heavy atom. The summed E-state index contributed by atoms with van der Waals surface area (Å²) in [5.74, 6) is -8.59. The number of carbonyl (C=O) groups excluding carboxylic acids is 12. The molecule has 0 unspecified atom stereocenters. The largest absolute Gasteiger partial charge is 0.460 e. The Morgan fingerprint density at radius 3 is 0.884 bits per heavy atom. The van der Waals surface area contributed by atoms with Gasteiger partial charge in [0.25, 0.3) is 0 Å². The molecule has 0 aliphatic carbocycles. The fourth-order valence-corrected chi connectivity index (χ4v) is 8.27. The van der Waals surface area contributed by atoms with E-state index in [1.807, 2.05) is 0 Å². The second kappa shape index (κ2) is 33.1. The van der Waals surface area contributed by atoms with E-state index in [1.165, 1.54) is 18.6 Å². The van der Waals surface area contributed by atoms with E-state index in [9.17, 15) is 47.9 Å². The highest BCUT2D eigenvalue weighted by molar-refractivity contribution is 5.97. The Balaban J connectivity index is 2.23. The van der Waals surface area contributed by atoms with Crippen LogP contribution in [0.4, 0.5) is 14.4 Å². The van der Waals surface area contributed by atoms with Gasteiger partial charge in [-0.2, -0.15) is 0 Å². The number of hydrogen-bond acceptors (Lipinski definition) is 23. The van der Waals surface area contributed by atoms with Crippen LogP contribution >= 0.6 is 0 Å². The molecule has 3 aromatic rings. The van der Waals surface area contributed by atoms with Gasteiger partial charge in [0, 0.05) is 57.1 Å². The van der Waals surface area contributed by atoms with Crippen molar-refractivity contribution in [1.29, 1.82) is 0 Å². The first kappa shape index (κ1) is 80.5.